The molecular weight excluding hydrogens is 292 g/mol. The number of non-ortho nitro benzene ring substituents is 1. The van der Waals surface area contributed by atoms with E-state index in [1.807, 2.05) is 0 Å². The Balaban J connectivity index is 2.10. The van der Waals surface area contributed by atoms with Crippen LogP contribution < -0.4 is 5.32 Å². The average Bonchev–Trinajstić information content (AvgIpc) is 2.43. The van der Waals surface area contributed by atoms with Crippen LogP contribution in [0, 0.1) is 17.0 Å². The molecule has 0 radical (unpaired) electrons. The summed E-state index contributed by atoms with van der Waals surface area (Å²) in [6, 6.07) is 11.3. The van der Waals surface area contributed by atoms with Crippen LogP contribution in [0.4, 0.5) is 11.4 Å². The number of nitrogens with zero attached hydrogens (tertiary/aromatic N) is 1. The van der Waals surface area contributed by atoms with E-state index in [0.717, 1.165) is 11.1 Å². The number of carbonyl (C=O) groups is 1. The highest BCUT2D eigenvalue weighted by atomic mass is 35.5. The maximum atomic E-state index is 12.0. The first kappa shape index (κ1) is 15.0. The monoisotopic (exact) mass is 304 g/mol. The lowest BCUT2D eigenvalue weighted by atomic mass is 10.1. The minimum atomic E-state index is -0.492. The fourth-order valence-electron chi connectivity index (χ4n) is 1.84. The predicted molar refractivity (Wildman–Crippen MR) is 81.6 cm³/mol. The largest absolute Gasteiger partial charge is 0.325 e. The quantitative estimate of drug-likeness (QED) is 0.691. The summed E-state index contributed by atoms with van der Waals surface area (Å²) in [5.74, 6) is -0.235. The molecule has 0 spiro atoms. The van der Waals surface area contributed by atoms with Crippen molar-refractivity contribution in [2.45, 2.75) is 13.3 Å². The summed E-state index contributed by atoms with van der Waals surface area (Å²) in [6.07, 6.45) is 0.180. The molecule has 0 heterocycles. The van der Waals surface area contributed by atoms with Gasteiger partial charge in [0.15, 0.2) is 0 Å². The first-order valence-electron chi connectivity index (χ1n) is 6.25. The molecule has 2 rings (SSSR count). The lowest BCUT2D eigenvalue weighted by Crippen LogP contribution is -2.15. The first-order valence-corrected chi connectivity index (χ1v) is 6.63. The van der Waals surface area contributed by atoms with Crippen molar-refractivity contribution in [3.05, 3.63) is 68.7 Å². The first-order chi connectivity index (χ1) is 9.95. The van der Waals surface area contributed by atoms with Gasteiger partial charge in [0.1, 0.15) is 0 Å². The Morgan fingerprint density at radius 2 is 1.90 bits per heavy atom. The lowest BCUT2D eigenvalue weighted by molar-refractivity contribution is -0.384. The molecule has 0 saturated heterocycles. The van der Waals surface area contributed by atoms with Gasteiger partial charge in [0.2, 0.25) is 5.91 Å². The number of carbonyl (C=O) groups excluding carboxylic acids is 1. The highest BCUT2D eigenvalue weighted by molar-refractivity contribution is 6.30. The van der Waals surface area contributed by atoms with Gasteiger partial charge < -0.3 is 5.32 Å². The van der Waals surface area contributed by atoms with Crippen LogP contribution in [-0.4, -0.2) is 10.8 Å². The van der Waals surface area contributed by atoms with Crippen molar-refractivity contribution in [1.29, 1.82) is 0 Å². The summed E-state index contributed by atoms with van der Waals surface area (Å²) in [6.45, 7) is 1.78. The van der Waals surface area contributed by atoms with Gasteiger partial charge in [-0.2, -0.15) is 0 Å². The van der Waals surface area contributed by atoms with E-state index in [-0.39, 0.29) is 18.0 Å². The zero-order valence-electron chi connectivity index (χ0n) is 11.3. The predicted octanol–water partition coefficient (Wildman–Crippen LogP) is 3.74. The molecule has 1 N–H and O–H groups in total. The number of benzene rings is 2. The Hall–Kier alpha value is -2.40. The summed E-state index contributed by atoms with van der Waals surface area (Å²) in [5.41, 5.74) is 1.98. The average molecular weight is 305 g/mol. The molecule has 21 heavy (non-hydrogen) atoms. The van der Waals surface area contributed by atoms with Crippen LogP contribution in [0.3, 0.4) is 0 Å². The molecule has 0 bridgehead atoms. The van der Waals surface area contributed by atoms with Crippen molar-refractivity contribution in [2.75, 3.05) is 5.32 Å². The Morgan fingerprint density at radius 3 is 2.52 bits per heavy atom. The maximum Gasteiger partial charge on any atom is 0.271 e. The molecular formula is C15H13ClN2O3. The second-order valence-corrected chi connectivity index (χ2v) is 5.04. The Morgan fingerprint density at radius 1 is 1.24 bits per heavy atom. The molecule has 0 fully saturated rings. The second kappa shape index (κ2) is 6.37. The van der Waals surface area contributed by atoms with Gasteiger partial charge in [-0.25, -0.2) is 0 Å². The van der Waals surface area contributed by atoms with E-state index in [1.165, 1.54) is 12.1 Å². The number of nitro groups is 1. The molecule has 108 valence electrons. The van der Waals surface area contributed by atoms with Crippen LogP contribution in [0.25, 0.3) is 0 Å². The molecule has 1 amide bonds. The fraction of sp³-hybridized carbons (Fsp3) is 0.133. The third-order valence-electron chi connectivity index (χ3n) is 2.98. The molecule has 5 nitrogen and oxygen atoms in total. The molecule has 0 aromatic heterocycles. The van der Waals surface area contributed by atoms with Gasteiger partial charge in [-0.3, -0.25) is 14.9 Å². The van der Waals surface area contributed by atoms with Crippen molar-refractivity contribution < 1.29 is 9.72 Å². The smallest absolute Gasteiger partial charge is 0.271 e. The Kier molecular flexibility index (Phi) is 4.55. The highest BCUT2D eigenvalue weighted by Gasteiger charge is 2.11. The second-order valence-electron chi connectivity index (χ2n) is 4.61. The maximum absolute atomic E-state index is 12.0. The molecule has 2 aromatic carbocycles. The molecule has 0 aliphatic rings. The number of hydrogen-bond donors (Lipinski definition) is 1. The number of aryl methyl sites for hydroxylation is 1. The fourth-order valence-corrected chi connectivity index (χ4v) is 1.97. The van der Waals surface area contributed by atoms with E-state index in [1.54, 1.807) is 37.3 Å². The minimum Gasteiger partial charge on any atom is -0.325 e. The summed E-state index contributed by atoms with van der Waals surface area (Å²) in [4.78, 5) is 22.2. The van der Waals surface area contributed by atoms with E-state index < -0.39 is 4.92 Å². The van der Waals surface area contributed by atoms with Gasteiger partial charge >= 0.3 is 0 Å². The summed E-state index contributed by atoms with van der Waals surface area (Å²) in [5, 5.41) is 14.1. The van der Waals surface area contributed by atoms with Gasteiger partial charge in [-0.1, -0.05) is 29.8 Å². The number of hydrogen-bond acceptors (Lipinski definition) is 3. The molecule has 2 aromatic rings. The zero-order chi connectivity index (χ0) is 15.4. The van der Waals surface area contributed by atoms with Crippen LogP contribution in [-0.2, 0) is 11.2 Å². The number of rotatable bonds is 4. The van der Waals surface area contributed by atoms with Gasteiger partial charge in [-0.05, 0) is 30.2 Å². The van der Waals surface area contributed by atoms with Crippen LogP contribution >= 0.6 is 11.6 Å². The topological polar surface area (TPSA) is 72.2 Å². The van der Waals surface area contributed by atoms with Crippen molar-refractivity contribution in [1.82, 2.24) is 0 Å². The van der Waals surface area contributed by atoms with Crippen molar-refractivity contribution >= 4 is 28.9 Å². The number of amides is 1. The number of halogens is 1. The van der Waals surface area contributed by atoms with E-state index in [4.69, 9.17) is 11.6 Å². The number of nitrogens with one attached hydrogen (secondary N) is 1. The van der Waals surface area contributed by atoms with E-state index >= 15 is 0 Å². The van der Waals surface area contributed by atoms with Crippen LogP contribution in [0.1, 0.15) is 11.1 Å². The van der Waals surface area contributed by atoms with Crippen LogP contribution in [0.15, 0.2) is 42.5 Å². The lowest BCUT2D eigenvalue weighted by Gasteiger charge is -2.08. The Labute approximate surface area is 126 Å². The van der Waals surface area contributed by atoms with Gasteiger partial charge in [0, 0.05) is 17.2 Å². The van der Waals surface area contributed by atoms with Crippen molar-refractivity contribution in [3.63, 3.8) is 0 Å². The van der Waals surface area contributed by atoms with E-state index in [0.29, 0.717) is 10.7 Å². The SMILES string of the molecule is Cc1ccc([N+](=O)[O-])cc1NC(=O)Cc1ccc(Cl)cc1. The molecule has 0 aliphatic heterocycles. The van der Waals surface area contributed by atoms with Crippen LogP contribution in [0.5, 0.6) is 0 Å². The zero-order valence-corrected chi connectivity index (χ0v) is 12.1. The molecule has 0 atom stereocenters. The van der Waals surface area contributed by atoms with Gasteiger partial charge in [0.05, 0.1) is 17.0 Å². The third kappa shape index (κ3) is 4.03. The van der Waals surface area contributed by atoms with Crippen molar-refractivity contribution in [2.24, 2.45) is 0 Å². The molecule has 0 unspecified atom stereocenters. The summed E-state index contributed by atoms with van der Waals surface area (Å²) < 4.78 is 0. The standard InChI is InChI=1S/C15H13ClN2O3/c1-10-2-7-13(18(20)21)9-14(10)17-15(19)8-11-3-5-12(16)6-4-11/h2-7,9H,8H2,1H3,(H,17,19). The van der Waals surface area contributed by atoms with Crippen molar-refractivity contribution in [3.8, 4) is 0 Å². The number of nitro benzene ring substituents is 1. The van der Waals surface area contributed by atoms with Crippen LogP contribution in [0.2, 0.25) is 5.02 Å². The third-order valence-corrected chi connectivity index (χ3v) is 3.24. The molecule has 6 heteroatoms. The minimum absolute atomic E-state index is 0.0533. The summed E-state index contributed by atoms with van der Waals surface area (Å²) >= 11 is 5.78. The Bertz CT molecular complexity index is 684. The van der Waals surface area contributed by atoms with E-state index in [9.17, 15) is 14.9 Å². The highest BCUT2D eigenvalue weighted by Crippen LogP contribution is 2.22. The van der Waals surface area contributed by atoms with Gasteiger partial charge in [-0.15, -0.1) is 0 Å². The number of anilines is 1. The van der Waals surface area contributed by atoms with Gasteiger partial charge in [0.25, 0.3) is 5.69 Å². The normalized spacial score (nSPS) is 10.2. The molecule has 0 aliphatic carbocycles. The molecule has 0 saturated carbocycles. The van der Waals surface area contributed by atoms with E-state index in [2.05, 4.69) is 5.32 Å². The summed E-state index contributed by atoms with van der Waals surface area (Å²) in [7, 11) is 0.